The third kappa shape index (κ3) is 22.5. The normalized spacial score (nSPS) is 13.6. The fourth-order valence-electron chi connectivity index (χ4n) is 0. The molecule has 0 aliphatic carbocycles. The smallest absolute Gasteiger partial charge is 0.741 e. The Bertz CT molecular complexity index is 828. The first-order valence-corrected chi connectivity index (χ1v) is 10.8. The average Bonchev–Trinajstić information content (AvgIpc) is 2.30. The molecule has 29 heteroatoms. The van der Waals surface area contributed by atoms with E-state index in [2.05, 4.69) is 0 Å². The monoisotopic (exact) mass is 771 g/mol. The molecule has 211 valence electrons. The minimum absolute atomic E-state index is 0. The van der Waals surface area contributed by atoms with Gasteiger partial charge in [0.15, 0.2) is 30.4 Å². The molecule has 0 aliphatic heterocycles. The van der Waals surface area contributed by atoms with Gasteiger partial charge in [0.2, 0.25) is 0 Å². The number of alkyl halides is 12. The van der Waals surface area contributed by atoms with Crippen molar-refractivity contribution in [3.63, 3.8) is 0 Å². The van der Waals surface area contributed by atoms with Crippen LogP contribution >= 0.6 is 0 Å². The molecule has 0 aromatic rings. The molecule has 0 amide bonds. The summed E-state index contributed by atoms with van der Waals surface area (Å²) in [6.07, 6.45) is 0. The molecule has 0 aromatic heterocycles. The summed E-state index contributed by atoms with van der Waals surface area (Å²) < 4.78 is 234. The number of hydrogen-bond donors (Lipinski definition) is 1. The molecule has 0 unspecified atom stereocenters. The molecule has 0 heterocycles. The van der Waals surface area contributed by atoms with E-state index < -0.39 is 62.5 Å². The van der Waals surface area contributed by atoms with Gasteiger partial charge in [0.1, 0.15) is 0 Å². The van der Waals surface area contributed by atoms with Gasteiger partial charge in [0, 0.05) is 0 Å². The van der Waals surface area contributed by atoms with E-state index in [0.717, 1.165) is 0 Å². The average molecular weight is 770 g/mol. The van der Waals surface area contributed by atoms with Crippen LogP contribution in [0.25, 0.3) is 0 Å². The summed E-state index contributed by atoms with van der Waals surface area (Å²) in [4.78, 5) is 0. The van der Waals surface area contributed by atoms with Gasteiger partial charge in [-0.3, -0.25) is 4.55 Å². The molecule has 0 bridgehead atoms. The first-order chi connectivity index (χ1) is 13.0. The molecular formula is C4HF12O12S4Yb. The Morgan fingerprint density at radius 1 is 0.424 bits per heavy atom. The summed E-state index contributed by atoms with van der Waals surface area (Å²) in [7, 11) is -24.1. The fraction of sp³-hybridized carbons (Fsp3) is 1.00. The molecule has 0 aromatic carbocycles. The van der Waals surface area contributed by atoms with Crippen molar-refractivity contribution in [2.75, 3.05) is 0 Å². The zero-order valence-corrected chi connectivity index (χ0v) is 18.4. The van der Waals surface area contributed by atoms with Crippen LogP contribution in [0.2, 0.25) is 0 Å². The molecule has 0 fully saturated rings. The molecule has 0 atom stereocenters. The quantitative estimate of drug-likeness (QED) is 0.203. The van der Waals surface area contributed by atoms with Gasteiger partial charge < -0.3 is 13.7 Å². The standard InChI is InChI=1S/4CHF3O3S.Yb/c4*2-1(3,4)8(5,6)7;/h4*(H,5,6,7);/q;;;;+3/p-3. The molecule has 0 spiro atoms. The second-order valence-corrected chi connectivity index (χ2v) is 9.15. The minimum Gasteiger partial charge on any atom is -0.741 e. The van der Waals surface area contributed by atoms with Crippen LogP contribution in [0, 0.1) is 46.9 Å². The number of hydrogen-bond acceptors (Lipinski definition) is 11. The molecule has 12 nitrogen and oxygen atoms in total. The molecule has 0 aliphatic rings. The Morgan fingerprint density at radius 3 is 0.485 bits per heavy atom. The van der Waals surface area contributed by atoms with Crippen molar-refractivity contribution in [1.82, 2.24) is 0 Å². The Balaban J connectivity index is -0.000000105. The third-order valence-electron chi connectivity index (χ3n) is 1.14. The van der Waals surface area contributed by atoms with Crippen molar-refractivity contribution in [3.05, 3.63) is 0 Å². The van der Waals surface area contributed by atoms with Crippen LogP contribution in [0.4, 0.5) is 52.7 Å². The van der Waals surface area contributed by atoms with E-state index in [0.29, 0.717) is 0 Å². The van der Waals surface area contributed by atoms with E-state index in [4.69, 9.17) is 51.9 Å². The molecule has 0 saturated heterocycles. The third-order valence-corrected chi connectivity index (χ3v) is 3.43. The van der Waals surface area contributed by atoms with Crippen LogP contribution in [-0.2, 0) is 40.5 Å². The maximum atomic E-state index is 10.7. The first-order valence-electron chi connectivity index (χ1n) is 5.10. The molecule has 33 heavy (non-hydrogen) atoms. The van der Waals surface area contributed by atoms with Gasteiger partial charge >= 0.3 is 79.1 Å². The molecule has 1 radical (unpaired) electrons. The summed E-state index contributed by atoms with van der Waals surface area (Å²) in [5, 5.41) is 0. The van der Waals surface area contributed by atoms with Gasteiger partial charge in [-0.25, -0.2) is 25.3 Å². The van der Waals surface area contributed by atoms with Crippen molar-refractivity contribution in [1.29, 1.82) is 0 Å². The van der Waals surface area contributed by atoms with Crippen LogP contribution in [0.3, 0.4) is 0 Å². The van der Waals surface area contributed by atoms with E-state index in [1.165, 1.54) is 0 Å². The van der Waals surface area contributed by atoms with Gasteiger partial charge in [-0.2, -0.15) is 61.1 Å². The molecule has 1 N–H and O–H groups in total. The van der Waals surface area contributed by atoms with Crippen LogP contribution in [0.15, 0.2) is 0 Å². The SMILES string of the molecule is O=S(=O)(O)C(F)(F)F.O=S(=O)([O-])C(F)(F)F.O=S(=O)([O-])C(F)(F)F.O=S(=O)([O-])C(F)(F)F.[Yb+3]. The van der Waals surface area contributed by atoms with Crippen LogP contribution in [0.5, 0.6) is 0 Å². The summed E-state index contributed by atoms with van der Waals surface area (Å²) >= 11 is 0. The van der Waals surface area contributed by atoms with Crippen LogP contribution < -0.4 is 0 Å². The van der Waals surface area contributed by atoms with E-state index in [1.54, 1.807) is 0 Å². The van der Waals surface area contributed by atoms with Crippen molar-refractivity contribution >= 4 is 40.5 Å². The zero-order chi connectivity index (χ0) is 28.0. The van der Waals surface area contributed by atoms with E-state index >= 15 is 0 Å². The van der Waals surface area contributed by atoms with E-state index in [-0.39, 0.29) is 46.9 Å². The van der Waals surface area contributed by atoms with Crippen LogP contribution in [0.1, 0.15) is 0 Å². The van der Waals surface area contributed by atoms with Gasteiger partial charge in [0.05, 0.1) is 0 Å². The maximum absolute atomic E-state index is 10.7. The summed E-state index contributed by atoms with van der Waals surface area (Å²) in [6, 6.07) is 0. The molecule has 0 rings (SSSR count). The number of rotatable bonds is 0. The first kappa shape index (κ1) is 43.4. The predicted octanol–water partition coefficient (Wildman–Crippen LogP) is 0.548. The van der Waals surface area contributed by atoms with E-state index in [1.807, 2.05) is 0 Å². The number of halogens is 12. The fourth-order valence-corrected chi connectivity index (χ4v) is 0. The Hall–Kier alpha value is 0.319. The van der Waals surface area contributed by atoms with E-state index in [9.17, 15) is 52.7 Å². The summed E-state index contributed by atoms with van der Waals surface area (Å²) in [6.45, 7) is 0. The van der Waals surface area contributed by atoms with Crippen molar-refractivity contribution in [3.8, 4) is 0 Å². The largest absolute Gasteiger partial charge is 3.00 e. The van der Waals surface area contributed by atoms with Crippen molar-refractivity contribution in [2.45, 2.75) is 22.0 Å². The van der Waals surface area contributed by atoms with Gasteiger partial charge in [0.25, 0.3) is 0 Å². The molecular weight excluding hydrogens is 769 g/mol. The van der Waals surface area contributed by atoms with Crippen LogP contribution in [-0.4, -0.2) is 73.9 Å². The van der Waals surface area contributed by atoms with Gasteiger partial charge in [-0.05, 0) is 0 Å². The Kier molecular flexibility index (Phi) is 17.9. The summed E-state index contributed by atoms with van der Waals surface area (Å²) in [5.74, 6) is 0. The maximum Gasteiger partial charge on any atom is 3.00 e. The predicted molar refractivity (Wildman–Crippen MR) is 64.9 cm³/mol. The summed E-state index contributed by atoms with van der Waals surface area (Å²) in [5.41, 5.74) is -22.5. The Labute approximate surface area is 212 Å². The topological polar surface area (TPSA) is 226 Å². The van der Waals surface area contributed by atoms with Crippen molar-refractivity contribution < 1.29 is 151 Å². The van der Waals surface area contributed by atoms with Crippen molar-refractivity contribution in [2.24, 2.45) is 0 Å². The zero-order valence-electron chi connectivity index (χ0n) is 13.4. The van der Waals surface area contributed by atoms with Gasteiger partial charge in [-0.15, -0.1) is 0 Å². The second-order valence-electron chi connectivity index (χ2n) is 3.62. The van der Waals surface area contributed by atoms with Gasteiger partial charge in [-0.1, -0.05) is 0 Å². The Morgan fingerprint density at radius 2 is 0.485 bits per heavy atom. The minimum atomic E-state index is -6.09. The second kappa shape index (κ2) is 13.6. The molecule has 0 saturated carbocycles.